The van der Waals surface area contributed by atoms with Gasteiger partial charge in [-0.2, -0.15) is 11.8 Å². The smallest absolute Gasteiger partial charge is 0.254 e. The van der Waals surface area contributed by atoms with E-state index in [1.807, 2.05) is 0 Å². The van der Waals surface area contributed by atoms with Crippen LogP contribution >= 0.6 is 11.8 Å². The van der Waals surface area contributed by atoms with Crippen molar-refractivity contribution in [2.45, 2.75) is 5.37 Å². The molecule has 1 fully saturated rings. The number of thioether (sulfide) groups is 1. The third-order valence-electron chi connectivity index (χ3n) is 2.95. The van der Waals surface area contributed by atoms with Crippen molar-refractivity contribution in [2.24, 2.45) is 0 Å². The molecule has 0 bridgehead atoms. The summed E-state index contributed by atoms with van der Waals surface area (Å²) in [6.07, 6.45) is 1.15. The minimum atomic E-state index is -3.30. The van der Waals surface area contributed by atoms with Gasteiger partial charge in [-0.25, -0.2) is 8.42 Å². The zero-order chi connectivity index (χ0) is 14.0. The Labute approximate surface area is 116 Å². The highest BCUT2D eigenvalue weighted by Crippen LogP contribution is 2.23. The van der Waals surface area contributed by atoms with E-state index in [-0.39, 0.29) is 11.7 Å². The summed E-state index contributed by atoms with van der Waals surface area (Å²) in [5, 5.41) is 8.44. The average molecular weight is 301 g/mol. The summed E-state index contributed by atoms with van der Waals surface area (Å²) < 4.78 is 23.5. The second-order valence-electron chi connectivity index (χ2n) is 4.40. The zero-order valence-corrected chi connectivity index (χ0v) is 12.1. The molecule has 1 unspecified atom stereocenters. The van der Waals surface area contributed by atoms with Crippen LogP contribution in [0.5, 0.6) is 5.75 Å². The molecule has 5 nitrogen and oxygen atoms in total. The SMILES string of the molecule is CS(=O)(=O)C1CSCCN1C(=O)c1ccc(O)cc1. The van der Waals surface area contributed by atoms with Crippen molar-refractivity contribution >= 4 is 27.5 Å². The molecule has 7 heteroatoms. The second kappa shape index (κ2) is 5.42. The molecule has 0 aromatic heterocycles. The Hall–Kier alpha value is -1.21. The van der Waals surface area contributed by atoms with Crippen LogP contribution in [0.15, 0.2) is 24.3 Å². The predicted molar refractivity (Wildman–Crippen MR) is 75.1 cm³/mol. The summed E-state index contributed by atoms with van der Waals surface area (Å²) >= 11 is 1.54. The highest BCUT2D eigenvalue weighted by Gasteiger charge is 2.34. The molecule has 1 atom stereocenters. The highest BCUT2D eigenvalue weighted by atomic mass is 32.2. The first-order valence-corrected chi connectivity index (χ1v) is 8.87. The van der Waals surface area contributed by atoms with E-state index in [0.29, 0.717) is 17.9 Å². The van der Waals surface area contributed by atoms with Gasteiger partial charge in [0.15, 0.2) is 9.84 Å². The fourth-order valence-electron chi connectivity index (χ4n) is 1.94. The molecule has 1 aliphatic heterocycles. The number of aromatic hydroxyl groups is 1. The van der Waals surface area contributed by atoms with Gasteiger partial charge in [-0.15, -0.1) is 0 Å². The minimum absolute atomic E-state index is 0.0745. The molecule has 0 aliphatic carbocycles. The Morgan fingerprint density at radius 1 is 1.37 bits per heavy atom. The topological polar surface area (TPSA) is 74.7 Å². The molecule has 2 rings (SSSR count). The van der Waals surface area contributed by atoms with Crippen LogP contribution in [0.3, 0.4) is 0 Å². The van der Waals surface area contributed by atoms with Gasteiger partial charge >= 0.3 is 0 Å². The summed E-state index contributed by atoms with van der Waals surface area (Å²) in [7, 11) is -3.30. The maximum absolute atomic E-state index is 12.3. The fraction of sp³-hybridized carbons (Fsp3) is 0.417. The molecule has 1 aromatic carbocycles. The predicted octanol–water partition coefficient (Wildman–Crippen LogP) is 0.952. The van der Waals surface area contributed by atoms with Crippen molar-refractivity contribution in [1.82, 2.24) is 4.90 Å². The molecule has 1 aliphatic rings. The van der Waals surface area contributed by atoms with Crippen LogP contribution in [0.25, 0.3) is 0 Å². The number of carbonyl (C=O) groups excluding carboxylic acids is 1. The van der Waals surface area contributed by atoms with Crippen LogP contribution in [0.1, 0.15) is 10.4 Å². The van der Waals surface area contributed by atoms with Gasteiger partial charge in [-0.1, -0.05) is 0 Å². The van der Waals surface area contributed by atoms with Crippen LogP contribution in [0.4, 0.5) is 0 Å². The van der Waals surface area contributed by atoms with Gasteiger partial charge in [0, 0.05) is 29.9 Å². The Morgan fingerprint density at radius 2 is 2.00 bits per heavy atom. The molecular weight excluding hydrogens is 286 g/mol. The number of amides is 1. The molecule has 0 saturated carbocycles. The number of rotatable bonds is 2. The summed E-state index contributed by atoms with van der Waals surface area (Å²) in [5.41, 5.74) is 0.387. The number of sulfone groups is 1. The number of benzene rings is 1. The Bertz CT molecular complexity index is 568. The Balaban J connectivity index is 2.27. The van der Waals surface area contributed by atoms with E-state index in [2.05, 4.69) is 0 Å². The zero-order valence-electron chi connectivity index (χ0n) is 10.4. The van der Waals surface area contributed by atoms with Gasteiger partial charge in [0.1, 0.15) is 11.1 Å². The van der Waals surface area contributed by atoms with E-state index in [9.17, 15) is 18.3 Å². The van der Waals surface area contributed by atoms with E-state index in [4.69, 9.17) is 0 Å². The van der Waals surface area contributed by atoms with E-state index in [0.717, 1.165) is 12.0 Å². The number of phenolic OH excluding ortho intramolecular Hbond substituents is 1. The minimum Gasteiger partial charge on any atom is -0.508 e. The number of phenols is 1. The normalized spacial score (nSPS) is 20.3. The standard InChI is InChI=1S/C12H15NO4S2/c1-19(16,17)11-8-18-7-6-13(11)12(15)9-2-4-10(14)5-3-9/h2-5,11,14H,6-8H2,1H3. The van der Waals surface area contributed by atoms with Gasteiger partial charge in [0.25, 0.3) is 5.91 Å². The molecule has 1 saturated heterocycles. The fourth-order valence-corrected chi connectivity index (χ4v) is 4.75. The quantitative estimate of drug-likeness (QED) is 0.880. The summed E-state index contributed by atoms with van der Waals surface area (Å²) in [6.45, 7) is 0.419. The highest BCUT2D eigenvalue weighted by molar-refractivity contribution is 8.00. The lowest BCUT2D eigenvalue weighted by Crippen LogP contribution is -2.49. The third-order valence-corrected chi connectivity index (χ3v) is 5.60. The van der Waals surface area contributed by atoms with E-state index >= 15 is 0 Å². The lowest BCUT2D eigenvalue weighted by atomic mass is 10.2. The van der Waals surface area contributed by atoms with Crippen molar-refractivity contribution in [3.05, 3.63) is 29.8 Å². The summed E-state index contributed by atoms with van der Waals surface area (Å²) in [4.78, 5) is 13.7. The van der Waals surface area contributed by atoms with Crippen molar-refractivity contribution in [1.29, 1.82) is 0 Å². The van der Waals surface area contributed by atoms with Crippen molar-refractivity contribution in [2.75, 3.05) is 24.3 Å². The molecule has 1 N–H and O–H groups in total. The van der Waals surface area contributed by atoms with E-state index in [1.165, 1.54) is 40.9 Å². The van der Waals surface area contributed by atoms with Crippen LogP contribution in [-0.4, -0.2) is 54.0 Å². The molecule has 1 amide bonds. The number of hydrogen-bond donors (Lipinski definition) is 1. The van der Waals surface area contributed by atoms with Crippen LogP contribution in [0, 0.1) is 0 Å². The average Bonchev–Trinajstić information content (AvgIpc) is 2.38. The van der Waals surface area contributed by atoms with Crippen molar-refractivity contribution < 1.29 is 18.3 Å². The first kappa shape index (κ1) is 14.2. The van der Waals surface area contributed by atoms with Crippen LogP contribution in [0.2, 0.25) is 0 Å². The lowest BCUT2D eigenvalue weighted by molar-refractivity contribution is 0.0749. The van der Waals surface area contributed by atoms with Crippen LogP contribution < -0.4 is 0 Å². The molecule has 1 heterocycles. The first-order chi connectivity index (χ1) is 8.89. The van der Waals surface area contributed by atoms with Crippen molar-refractivity contribution in [3.63, 3.8) is 0 Å². The monoisotopic (exact) mass is 301 g/mol. The van der Waals surface area contributed by atoms with E-state index in [1.54, 1.807) is 0 Å². The third kappa shape index (κ3) is 3.22. The first-order valence-electron chi connectivity index (χ1n) is 5.76. The van der Waals surface area contributed by atoms with Gasteiger partial charge in [-0.05, 0) is 24.3 Å². The molecule has 0 radical (unpaired) electrons. The lowest BCUT2D eigenvalue weighted by Gasteiger charge is -2.34. The Kier molecular flexibility index (Phi) is 4.05. The summed E-state index contributed by atoms with van der Waals surface area (Å²) in [5.74, 6) is 0.902. The second-order valence-corrected chi connectivity index (χ2v) is 7.76. The van der Waals surface area contributed by atoms with Crippen LogP contribution in [-0.2, 0) is 9.84 Å². The molecule has 104 valence electrons. The maximum atomic E-state index is 12.3. The molecular formula is C12H15NO4S2. The van der Waals surface area contributed by atoms with Gasteiger partial charge in [-0.3, -0.25) is 4.79 Å². The van der Waals surface area contributed by atoms with Gasteiger partial charge in [0.05, 0.1) is 0 Å². The molecule has 1 aromatic rings. The molecule has 19 heavy (non-hydrogen) atoms. The number of carbonyl (C=O) groups is 1. The van der Waals surface area contributed by atoms with Crippen molar-refractivity contribution in [3.8, 4) is 5.75 Å². The summed E-state index contributed by atoms with van der Waals surface area (Å²) in [6, 6.07) is 5.83. The maximum Gasteiger partial charge on any atom is 0.254 e. The number of nitrogens with zero attached hydrogens (tertiary/aromatic N) is 1. The van der Waals surface area contributed by atoms with E-state index < -0.39 is 15.2 Å². The molecule has 0 spiro atoms. The number of hydrogen-bond acceptors (Lipinski definition) is 5. The van der Waals surface area contributed by atoms with Gasteiger partial charge < -0.3 is 10.0 Å². The largest absolute Gasteiger partial charge is 0.508 e. The Morgan fingerprint density at radius 3 is 2.58 bits per heavy atom. The van der Waals surface area contributed by atoms with Gasteiger partial charge in [0.2, 0.25) is 0 Å².